The van der Waals surface area contributed by atoms with Gasteiger partial charge in [0.15, 0.2) is 0 Å². The van der Waals surface area contributed by atoms with E-state index in [1.165, 1.54) is 31.2 Å². The predicted molar refractivity (Wildman–Crippen MR) is 109 cm³/mol. The third kappa shape index (κ3) is 5.22. The Morgan fingerprint density at radius 1 is 1.30 bits per heavy atom. The normalized spacial score (nSPS) is 21.1. The van der Waals surface area contributed by atoms with Crippen molar-refractivity contribution >= 4 is 11.9 Å². The summed E-state index contributed by atoms with van der Waals surface area (Å²) in [7, 11) is 0. The summed E-state index contributed by atoms with van der Waals surface area (Å²) in [5.41, 5.74) is 0.683. The molecule has 0 bridgehead atoms. The van der Waals surface area contributed by atoms with E-state index in [1.54, 1.807) is 6.20 Å². The average molecular weight is 374 g/mol. The van der Waals surface area contributed by atoms with Crippen LogP contribution in [-0.4, -0.2) is 40.7 Å². The molecule has 1 amide bonds. The third-order valence-corrected chi connectivity index (χ3v) is 5.32. The lowest BCUT2D eigenvalue weighted by atomic mass is 9.95. The molecule has 1 aliphatic carbocycles. The van der Waals surface area contributed by atoms with Crippen LogP contribution in [0.3, 0.4) is 0 Å². The molecular formula is C22H35N3O2. The van der Waals surface area contributed by atoms with Crippen LogP contribution in [0.4, 0.5) is 10.6 Å². The van der Waals surface area contributed by atoms with Crippen LogP contribution in [0.15, 0.2) is 18.3 Å². The minimum absolute atomic E-state index is 0.223. The Balaban J connectivity index is 1.90. The van der Waals surface area contributed by atoms with Crippen LogP contribution in [0, 0.1) is 0 Å². The fraction of sp³-hybridized carbons (Fsp3) is 0.727. The second kappa shape index (κ2) is 8.59. The van der Waals surface area contributed by atoms with Gasteiger partial charge in [-0.15, -0.1) is 0 Å². The lowest BCUT2D eigenvalue weighted by Gasteiger charge is -2.38. The number of nitrogens with zero attached hydrogens (tertiary/aromatic N) is 3. The van der Waals surface area contributed by atoms with Gasteiger partial charge in [0, 0.05) is 23.8 Å². The molecule has 2 aliphatic rings. The van der Waals surface area contributed by atoms with Crippen LogP contribution in [0.5, 0.6) is 0 Å². The van der Waals surface area contributed by atoms with Crippen LogP contribution in [0.1, 0.15) is 84.2 Å². The lowest BCUT2D eigenvalue weighted by molar-refractivity contribution is 0.0575. The van der Waals surface area contributed by atoms with E-state index in [2.05, 4.69) is 22.9 Å². The van der Waals surface area contributed by atoms with Gasteiger partial charge < -0.3 is 4.74 Å². The van der Waals surface area contributed by atoms with Gasteiger partial charge in [0.05, 0.1) is 0 Å². The van der Waals surface area contributed by atoms with Crippen molar-refractivity contribution in [3.8, 4) is 0 Å². The first-order valence-electron chi connectivity index (χ1n) is 10.6. The molecule has 1 atom stereocenters. The number of likely N-dealkylation sites (tertiary alicyclic amines) is 1. The number of hydrogen-bond acceptors (Lipinski definition) is 4. The molecule has 0 spiro atoms. The topological polar surface area (TPSA) is 45.7 Å². The zero-order valence-corrected chi connectivity index (χ0v) is 17.4. The van der Waals surface area contributed by atoms with Crippen LogP contribution in [-0.2, 0) is 4.74 Å². The lowest BCUT2D eigenvalue weighted by Crippen LogP contribution is -2.41. The molecule has 27 heavy (non-hydrogen) atoms. The molecular weight excluding hydrogens is 338 g/mol. The molecule has 1 aromatic heterocycles. The molecule has 5 heteroatoms. The first kappa shape index (κ1) is 20.1. The molecule has 1 saturated carbocycles. The molecule has 2 fully saturated rings. The average Bonchev–Trinajstić information content (AvgIpc) is 3.44. The van der Waals surface area contributed by atoms with Crippen LogP contribution >= 0.6 is 0 Å². The number of carbonyl (C=O) groups is 1. The highest BCUT2D eigenvalue weighted by molar-refractivity contribution is 5.89. The van der Waals surface area contributed by atoms with E-state index in [0.717, 1.165) is 38.2 Å². The molecule has 3 rings (SSSR count). The van der Waals surface area contributed by atoms with E-state index in [-0.39, 0.29) is 12.1 Å². The maximum Gasteiger partial charge on any atom is 0.416 e. The number of piperidine rings is 1. The van der Waals surface area contributed by atoms with Crippen molar-refractivity contribution in [3.05, 3.63) is 23.9 Å². The Bertz CT molecular complexity index is 637. The zero-order valence-electron chi connectivity index (χ0n) is 17.4. The van der Waals surface area contributed by atoms with E-state index in [1.807, 2.05) is 31.7 Å². The molecule has 0 aromatic carbocycles. The van der Waals surface area contributed by atoms with Crippen molar-refractivity contribution in [1.82, 2.24) is 9.88 Å². The standard InChI is InChI=1S/C22H35N3O2/c1-5-6-15-24-16-8-7-11-19(24)18-10-9-14-23-20(18)25(17-12-13-17)21(26)27-22(2,3)4/h9-10,14,17,19H,5-8,11-13,15-16H2,1-4H3/t19-/m1/s1. The highest BCUT2D eigenvalue weighted by Crippen LogP contribution is 2.39. The summed E-state index contributed by atoms with van der Waals surface area (Å²) in [5.74, 6) is 0.808. The molecule has 1 saturated heterocycles. The monoisotopic (exact) mass is 373 g/mol. The summed E-state index contributed by atoms with van der Waals surface area (Å²) in [4.78, 5) is 22.1. The number of ether oxygens (including phenoxy) is 1. The largest absolute Gasteiger partial charge is 0.443 e. The predicted octanol–water partition coefficient (Wildman–Crippen LogP) is 5.31. The highest BCUT2D eigenvalue weighted by Gasteiger charge is 2.39. The number of aromatic nitrogens is 1. The number of unbranched alkanes of at least 4 members (excludes halogenated alkanes) is 1. The van der Waals surface area contributed by atoms with Gasteiger partial charge in [0.25, 0.3) is 0 Å². The number of hydrogen-bond donors (Lipinski definition) is 0. The van der Waals surface area contributed by atoms with Gasteiger partial charge >= 0.3 is 6.09 Å². The summed E-state index contributed by atoms with van der Waals surface area (Å²) in [6.07, 6.45) is 9.64. The van der Waals surface area contributed by atoms with Gasteiger partial charge in [-0.2, -0.15) is 0 Å². The summed E-state index contributed by atoms with van der Waals surface area (Å²) in [6, 6.07) is 4.74. The van der Waals surface area contributed by atoms with Gasteiger partial charge in [-0.05, 0) is 72.0 Å². The number of carbonyl (C=O) groups excluding carboxylic acids is 1. The van der Waals surface area contributed by atoms with Crippen molar-refractivity contribution in [1.29, 1.82) is 0 Å². The van der Waals surface area contributed by atoms with Crippen molar-refractivity contribution in [2.75, 3.05) is 18.0 Å². The third-order valence-electron chi connectivity index (χ3n) is 5.32. The first-order valence-corrected chi connectivity index (χ1v) is 10.6. The molecule has 0 unspecified atom stereocenters. The van der Waals surface area contributed by atoms with Crippen molar-refractivity contribution < 1.29 is 9.53 Å². The van der Waals surface area contributed by atoms with E-state index in [9.17, 15) is 4.79 Å². The second-order valence-corrected chi connectivity index (χ2v) is 8.90. The molecule has 1 aliphatic heterocycles. The van der Waals surface area contributed by atoms with Gasteiger partial charge in [-0.25, -0.2) is 9.78 Å². The fourth-order valence-corrected chi connectivity index (χ4v) is 3.90. The minimum Gasteiger partial charge on any atom is -0.443 e. The van der Waals surface area contributed by atoms with E-state index < -0.39 is 5.60 Å². The van der Waals surface area contributed by atoms with E-state index >= 15 is 0 Å². The van der Waals surface area contributed by atoms with Crippen molar-refractivity contribution in [3.63, 3.8) is 0 Å². The summed E-state index contributed by atoms with van der Waals surface area (Å²) in [6.45, 7) is 10.3. The second-order valence-electron chi connectivity index (χ2n) is 8.90. The smallest absolute Gasteiger partial charge is 0.416 e. The van der Waals surface area contributed by atoms with E-state index in [4.69, 9.17) is 4.74 Å². The van der Waals surface area contributed by atoms with Gasteiger partial charge in [-0.3, -0.25) is 9.80 Å². The maximum absolute atomic E-state index is 13.0. The molecule has 2 heterocycles. The Hall–Kier alpha value is -1.62. The van der Waals surface area contributed by atoms with Crippen LogP contribution in [0.2, 0.25) is 0 Å². The Morgan fingerprint density at radius 3 is 2.74 bits per heavy atom. The fourth-order valence-electron chi connectivity index (χ4n) is 3.90. The highest BCUT2D eigenvalue weighted by atomic mass is 16.6. The molecule has 0 N–H and O–H groups in total. The Kier molecular flexibility index (Phi) is 6.40. The summed E-state index contributed by atoms with van der Waals surface area (Å²) >= 11 is 0. The molecule has 0 radical (unpaired) electrons. The minimum atomic E-state index is -0.503. The van der Waals surface area contributed by atoms with Crippen molar-refractivity contribution in [2.45, 2.75) is 90.3 Å². The maximum atomic E-state index is 13.0. The zero-order chi connectivity index (χ0) is 19.4. The van der Waals surface area contributed by atoms with Gasteiger partial charge in [0.1, 0.15) is 11.4 Å². The Morgan fingerprint density at radius 2 is 2.07 bits per heavy atom. The summed E-state index contributed by atoms with van der Waals surface area (Å²) in [5, 5.41) is 0. The quantitative estimate of drug-likeness (QED) is 0.678. The number of amides is 1. The Labute approximate surface area is 164 Å². The number of rotatable bonds is 6. The molecule has 5 nitrogen and oxygen atoms in total. The number of anilines is 1. The SMILES string of the molecule is CCCCN1CCCC[C@@H]1c1cccnc1N(C(=O)OC(C)(C)C)C1CC1. The van der Waals surface area contributed by atoms with Gasteiger partial charge in [-0.1, -0.05) is 25.8 Å². The number of pyridine rings is 1. The first-order chi connectivity index (χ1) is 12.9. The van der Waals surface area contributed by atoms with Crippen LogP contribution < -0.4 is 4.90 Å². The summed E-state index contributed by atoms with van der Waals surface area (Å²) < 4.78 is 5.72. The van der Waals surface area contributed by atoms with Gasteiger partial charge in [0.2, 0.25) is 0 Å². The van der Waals surface area contributed by atoms with Crippen LogP contribution in [0.25, 0.3) is 0 Å². The molecule has 150 valence electrons. The van der Waals surface area contributed by atoms with Crippen molar-refractivity contribution in [2.24, 2.45) is 0 Å². The van der Waals surface area contributed by atoms with E-state index in [0.29, 0.717) is 6.04 Å². The molecule has 1 aromatic rings.